The van der Waals surface area contributed by atoms with Gasteiger partial charge in [-0.2, -0.15) is 0 Å². The number of rotatable bonds is 1. The molecular weight excluding hydrogens is 898 g/mol. The van der Waals surface area contributed by atoms with E-state index in [1.165, 1.54) is 32.6 Å². The molecule has 0 amide bonds. The minimum absolute atomic E-state index is 0.104. The molecule has 292 valence electrons. The minimum Gasteiger partial charge on any atom is -0.355 e. The number of fused-ring (bicyclic) bond motifs is 10. The van der Waals surface area contributed by atoms with E-state index in [1.54, 1.807) is 22.7 Å². The standard InChI is InChI=1S/C25H15NOS.C13H7BrOS.C12H9N.H5P3/c27-25-19-9-3-6-12-23(19)28-24-14-13-16(15-20(24)25)26-21-10-4-1-7-17(21)18-8-2-5-11-22(18)26;14-8-5-6-12-10(7-8)13(15)9-3-1-2-4-11(9)16-12;1-3-7-11-9(5-1)10-6-2-4-8-12(10)13-11;1-3-2/h1-15H;1-7H;1-8,13H;3H,1-2H2. The average Bonchev–Trinajstić information content (AvgIpc) is 3.84. The molecule has 4 aromatic heterocycles. The van der Waals surface area contributed by atoms with Crippen LogP contribution in [0.1, 0.15) is 0 Å². The Kier molecular flexibility index (Phi) is 12.0. The summed E-state index contributed by atoms with van der Waals surface area (Å²) in [5.74, 6) is 0. The van der Waals surface area contributed by atoms with Gasteiger partial charge in [0, 0.05) is 83.1 Å². The van der Waals surface area contributed by atoms with E-state index >= 15 is 0 Å². The molecular formula is C50H36BrN2O2P3S2. The number of halogens is 1. The normalized spacial score (nSPS) is 11.1. The summed E-state index contributed by atoms with van der Waals surface area (Å²) >= 11 is 6.72. The van der Waals surface area contributed by atoms with Crippen molar-refractivity contribution < 1.29 is 0 Å². The van der Waals surface area contributed by atoms with Gasteiger partial charge in [0.2, 0.25) is 0 Å². The summed E-state index contributed by atoms with van der Waals surface area (Å²) in [6, 6.07) is 61.3. The Morgan fingerprint density at radius 1 is 0.433 bits per heavy atom. The molecule has 4 heterocycles. The van der Waals surface area contributed by atoms with Crippen molar-refractivity contribution in [1.29, 1.82) is 0 Å². The number of H-pyrrole nitrogens is 1. The van der Waals surface area contributed by atoms with Crippen LogP contribution in [0.15, 0.2) is 196 Å². The first-order chi connectivity index (χ1) is 29.4. The fourth-order valence-corrected chi connectivity index (χ4v) is 10.2. The molecule has 0 spiro atoms. The fraction of sp³-hybridized carbons (Fsp3) is 0. The summed E-state index contributed by atoms with van der Waals surface area (Å²) in [7, 11) is 6.06. The van der Waals surface area contributed by atoms with E-state index in [-0.39, 0.29) is 10.9 Å². The van der Waals surface area contributed by atoms with Crippen LogP contribution in [0, 0.1) is 0 Å². The number of nitrogens with one attached hydrogen (secondary N) is 1. The molecule has 0 saturated heterocycles. The highest BCUT2D eigenvalue weighted by molar-refractivity contribution is 9.10. The SMILES string of the molecule is O=c1c2ccccc2sc2ccc(-n3c4ccccc4c4ccccc43)cc12.O=c1c2ccccc2sc2ccc(Br)cc12.PPP.c1ccc2c(c1)[nH]c1ccccc12. The van der Waals surface area contributed by atoms with Crippen LogP contribution < -0.4 is 10.9 Å². The summed E-state index contributed by atoms with van der Waals surface area (Å²) < 4.78 is 7.33. The third-order valence-electron chi connectivity index (χ3n) is 10.3. The Morgan fingerprint density at radius 2 is 0.817 bits per heavy atom. The van der Waals surface area contributed by atoms with Gasteiger partial charge in [0.25, 0.3) is 0 Å². The second kappa shape index (κ2) is 17.9. The number of hydrogen-bond acceptors (Lipinski definition) is 4. The lowest BCUT2D eigenvalue weighted by Gasteiger charge is -2.09. The predicted molar refractivity (Wildman–Crippen MR) is 277 cm³/mol. The van der Waals surface area contributed by atoms with Crippen molar-refractivity contribution in [2.75, 3.05) is 0 Å². The molecule has 60 heavy (non-hydrogen) atoms. The van der Waals surface area contributed by atoms with Gasteiger partial charge in [0.05, 0.1) is 11.0 Å². The zero-order valence-corrected chi connectivity index (χ0v) is 38.5. The summed E-state index contributed by atoms with van der Waals surface area (Å²) in [6.07, 6.45) is 0. The van der Waals surface area contributed by atoms with Crippen molar-refractivity contribution in [1.82, 2.24) is 9.55 Å². The monoisotopic (exact) mass is 932 g/mol. The van der Waals surface area contributed by atoms with Gasteiger partial charge in [0.1, 0.15) is 0 Å². The minimum atomic E-state index is 0.104. The fourth-order valence-electron chi connectivity index (χ4n) is 7.71. The van der Waals surface area contributed by atoms with Gasteiger partial charge < -0.3 is 9.55 Å². The van der Waals surface area contributed by atoms with Crippen molar-refractivity contribution in [3.05, 3.63) is 207 Å². The molecule has 2 unspecified atom stereocenters. The third-order valence-corrected chi connectivity index (χ3v) is 13.1. The van der Waals surface area contributed by atoms with Crippen LogP contribution >= 0.6 is 64.4 Å². The van der Waals surface area contributed by atoms with E-state index in [0.717, 1.165) is 69.5 Å². The van der Waals surface area contributed by atoms with Gasteiger partial charge in [0.15, 0.2) is 10.9 Å². The van der Waals surface area contributed by atoms with Gasteiger partial charge >= 0.3 is 0 Å². The summed E-state index contributed by atoms with van der Waals surface area (Å²) in [6.45, 7) is 0. The van der Waals surface area contributed by atoms with Crippen LogP contribution in [0.3, 0.4) is 0 Å². The van der Waals surface area contributed by atoms with Gasteiger partial charge in [-0.3, -0.25) is 9.59 Å². The molecule has 0 aliphatic carbocycles. The Balaban J connectivity index is 0.000000122. The average molecular weight is 934 g/mol. The van der Waals surface area contributed by atoms with Crippen LogP contribution in [-0.4, -0.2) is 9.55 Å². The van der Waals surface area contributed by atoms with Crippen LogP contribution in [0.4, 0.5) is 0 Å². The number of nitrogens with zero attached hydrogens (tertiary/aromatic N) is 1. The van der Waals surface area contributed by atoms with Crippen molar-refractivity contribution in [3.8, 4) is 5.69 Å². The summed E-state index contributed by atoms with van der Waals surface area (Å²) in [4.78, 5) is 28.7. The number of aromatic amines is 1. The summed E-state index contributed by atoms with van der Waals surface area (Å²) in [5, 5.41) is 8.22. The van der Waals surface area contributed by atoms with Crippen molar-refractivity contribution in [2.45, 2.75) is 0 Å². The molecule has 1 N–H and O–H groups in total. The predicted octanol–water partition coefficient (Wildman–Crippen LogP) is 15.3. The first kappa shape index (κ1) is 40.3. The number of para-hydroxylation sites is 4. The van der Waals surface area contributed by atoms with Gasteiger partial charge in [-0.25, -0.2) is 0 Å². The number of aromatic nitrogens is 2. The molecule has 2 atom stereocenters. The Morgan fingerprint density at radius 3 is 1.33 bits per heavy atom. The van der Waals surface area contributed by atoms with Gasteiger partial charge in [-0.1, -0.05) is 121 Å². The maximum Gasteiger partial charge on any atom is 0.195 e. The first-order valence-electron chi connectivity index (χ1n) is 19.1. The Bertz CT molecular complexity index is 3550. The third kappa shape index (κ3) is 7.83. The van der Waals surface area contributed by atoms with E-state index in [0.29, 0.717) is 0 Å². The molecule has 4 nitrogen and oxygen atoms in total. The topological polar surface area (TPSA) is 54.9 Å². The lowest BCUT2D eigenvalue weighted by atomic mass is 10.1. The number of hydrogen-bond donors (Lipinski definition) is 1. The lowest BCUT2D eigenvalue weighted by molar-refractivity contribution is 1.19. The second-order valence-electron chi connectivity index (χ2n) is 13.9. The smallest absolute Gasteiger partial charge is 0.195 e. The van der Waals surface area contributed by atoms with E-state index in [9.17, 15) is 9.59 Å². The lowest BCUT2D eigenvalue weighted by Crippen LogP contribution is -2.02. The van der Waals surface area contributed by atoms with E-state index in [4.69, 9.17) is 0 Å². The molecule has 0 aliphatic heterocycles. The highest BCUT2D eigenvalue weighted by atomic mass is 79.9. The molecule has 0 bridgehead atoms. The quantitative estimate of drug-likeness (QED) is 0.132. The van der Waals surface area contributed by atoms with Gasteiger partial charge in [-0.05, 0) is 84.9 Å². The molecule has 0 saturated carbocycles. The van der Waals surface area contributed by atoms with Crippen LogP contribution in [0.5, 0.6) is 0 Å². The highest BCUT2D eigenvalue weighted by Crippen LogP contribution is 2.34. The van der Waals surface area contributed by atoms with Crippen molar-refractivity contribution >= 4 is 148 Å². The summed E-state index contributed by atoms with van der Waals surface area (Å²) in [5.41, 5.74) is 5.97. The first-order valence-corrected chi connectivity index (χ1v) is 26.1. The molecule has 12 aromatic rings. The molecule has 10 heteroatoms. The van der Waals surface area contributed by atoms with Crippen LogP contribution in [0.2, 0.25) is 0 Å². The molecule has 0 aliphatic rings. The molecule has 0 fully saturated rings. The van der Waals surface area contributed by atoms with E-state index < -0.39 is 0 Å². The Labute approximate surface area is 368 Å². The Hall–Kier alpha value is -5.09. The largest absolute Gasteiger partial charge is 0.355 e. The van der Waals surface area contributed by atoms with Crippen molar-refractivity contribution in [3.63, 3.8) is 0 Å². The van der Waals surface area contributed by atoms with Crippen LogP contribution in [-0.2, 0) is 0 Å². The van der Waals surface area contributed by atoms with Gasteiger partial charge in [-0.15, -0.1) is 40.5 Å². The zero-order chi connectivity index (χ0) is 41.2. The highest BCUT2D eigenvalue weighted by Gasteiger charge is 2.13. The maximum absolute atomic E-state index is 13.1. The number of benzene rings is 8. The molecule has 12 rings (SSSR count). The van der Waals surface area contributed by atoms with E-state index in [2.05, 4.69) is 153 Å². The second-order valence-corrected chi connectivity index (χ2v) is 21.3. The van der Waals surface area contributed by atoms with Crippen molar-refractivity contribution in [2.24, 2.45) is 0 Å². The van der Waals surface area contributed by atoms with E-state index in [1.807, 2.05) is 72.8 Å². The molecule has 0 radical (unpaired) electrons. The zero-order valence-electron chi connectivity index (χ0n) is 31.9. The maximum atomic E-state index is 13.1. The van der Waals surface area contributed by atoms with Crippen LogP contribution in [0.25, 0.3) is 89.6 Å². The molecule has 8 aromatic carbocycles.